The minimum atomic E-state index is -1.09. The second-order valence-corrected chi connectivity index (χ2v) is 8.39. The Morgan fingerprint density at radius 2 is 1.94 bits per heavy atom. The minimum Gasteiger partial charge on any atom is -0.490 e. The molecule has 0 bridgehead atoms. The monoisotopic (exact) mass is 472 g/mol. The molecule has 170 valence electrons. The Hall–Kier alpha value is -4.10. The number of aromatic amines is 1. The second-order valence-electron chi connectivity index (χ2n) is 8.00. The van der Waals surface area contributed by atoms with Gasteiger partial charge >= 0.3 is 6.09 Å². The van der Waals surface area contributed by atoms with Crippen LogP contribution in [0.25, 0.3) is 32.8 Å². The van der Waals surface area contributed by atoms with Crippen molar-refractivity contribution in [2.45, 2.75) is 12.5 Å². The number of hydrogen-bond donors (Lipinski definition) is 3. The van der Waals surface area contributed by atoms with Gasteiger partial charge in [0.2, 0.25) is 0 Å². The molecule has 3 aromatic heterocycles. The number of carbonyl (C=O) groups is 1. The van der Waals surface area contributed by atoms with Crippen LogP contribution in [-0.2, 0) is 6.42 Å². The molecule has 1 unspecified atom stereocenters. The van der Waals surface area contributed by atoms with E-state index in [9.17, 15) is 9.90 Å². The molecule has 1 amide bonds. The fraction of sp³-hybridized carbons (Fsp3) is 0.115. The maximum atomic E-state index is 11.4. The number of amides is 1. The van der Waals surface area contributed by atoms with E-state index in [-0.39, 0.29) is 6.61 Å². The van der Waals surface area contributed by atoms with Gasteiger partial charge in [-0.25, -0.2) is 9.78 Å². The second kappa shape index (κ2) is 9.41. The average Bonchev–Trinajstić information content (AvgIpc) is 3.25. The Morgan fingerprint density at radius 3 is 2.82 bits per heavy atom. The molecule has 8 heteroatoms. The third-order valence-corrected chi connectivity index (χ3v) is 5.86. The number of nitrogens with one attached hydrogen (secondary N) is 2. The number of fused-ring (bicyclic) bond motifs is 2. The molecule has 0 spiro atoms. The van der Waals surface area contributed by atoms with Gasteiger partial charge in [0.05, 0.1) is 12.2 Å². The van der Waals surface area contributed by atoms with Crippen LogP contribution in [-0.4, -0.2) is 38.8 Å². The first kappa shape index (κ1) is 21.7. The number of hydrogen-bond acceptors (Lipinski definition) is 4. The Morgan fingerprint density at radius 1 is 1.06 bits per heavy atom. The van der Waals surface area contributed by atoms with Crippen molar-refractivity contribution in [3.05, 3.63) is 90.1 Å². The highest BCUT2D eigenvalue weighted by molar-refractivity contribution is 6.30. The van der Waals surface area contributed by atoms with Crippen LogP contribution in [0, 0.1) is 0 Å². The Labute approximate surface area is 200 Å². The molecule has 34 heavy (non-hydrogen) atoms. The summed E-state index contributed by atoms with van der Waals surface area (Å²) in [5, 5.41) is 15.4. The van der Waals surface area contributed by atoms with Gasteiger partial charge in [-0.05, 0) is 47.2 Å². The number of nitrogens with zero attached hydrogens (tertiary/aromatic N) is 2. The van der Waals surface area contributed by atoms with Gasteiger partial charge in [-0.2, -0.15) is 0 Å². The molecule has 0 fully saturated rings. The molecule has 5 aromatic rings. The molecule has 3 N–H and O–H groups in total. The third-order valence-electron chi connectivity index (χ3n) is 5.65. The van der Waals surface area contributed by atoms with Gasteiger partial charge in [-0.3, -0.25) is 4.98 Å². The quantitative estimate of drug-likeness (QED) is 0.264. The summed E-state index contributed by atoms with van der Waals surface area (Å²) >= 11 is 6.04. The summed E-state index contributed by atoms with van der Waals surface area (Å²) < 4.78 is 5.97. The number of H-pyrrole nitrogens is 1. The fourth-order valence-electron chi connectivity index (χ4n) is 4.04. The summed E-state index contributed by atoms with van der Waals surface area (Å²) in [5.74, 6) is 0.557. The van der Waals surface area contributed by atoms with Gasteiger partial charge in [0.1, 0.15) is 17.5 Å². The van der Waals surface area contributed by atoms with Crippen molar-refractivity contribution in [3.63, 3.8) is 0 Å². The van der Waals surface area contributed by atoms with Crippen molar-refractivity contribution in [1.29, 1.82) is 0 Å². The third kappa shape index (κ3) is 4.79. The van der Waals surface area contributed by atoms with Crippen molar-refractivity contribution in [1.82, 2.24) is 20.3 Å². The van der Waals surface area contributed by atoms with Gasteiger partial charge in [-0.15, -0.1) is 0 Å². The molecule has 0 saturated heterocycles. The van der Waals surface area contributed by atoms with Gasteiger partial charge < -0.3 is 20.1 Å². The maximum Gasteiger partial charge on any atom is 0.405 e. The summed E-state index contributed by atoms with van der Waals surface area (Å²) in [7, 11) is 0. The van der Waals surface area contributed by atoms with Gasteiger partial charge in [0.25, 0.3) is 0 Å². The van der Waals surface area contributed by atoms with Crippen LogP contribution in [0.1, 0.15) is 5.56 Å². The first-order valence-electron chi connectivity index (χ1n) is 10.7. The van der Waals surface area contributed by atoms with Crippen molar-refractivity contribution < 1.29 is 14.6 Å². The van der Waals surface area contributed by atoms with E-state index in [1.807, 2.05) is 60.8 Å². The lowest BCUT2D eigenvalue weighted by atomic mass is 10.0. The van der Waals surface area contributed by atoms with Crippen LogP contribution in [0.2, 0.25) is 5.15 Å². The van der Waals surface area contributed by atoms with Crippen LogP contribution in [0.15, 0.2) is 79.4 Å². The Bertz CT molecular complexity index is 1480. The van der Waals surface area contributed by atoms with Crippen LogP contribution >= 0.6 is 11.6 Å². The number of rotatable bonds is 7. The number of halogens is 1. The Kier molecular flexibility index (Phi) is 6.01. The van der Waals surface area contributed by atoms with E-state index in [4.69, 9.17) is 16.3 Å². The number of carboxylic acid groups (broad SMARTS) is 1. The van der Waals surface area contributed by atoms with Gasteiger partial charge in [-0.1, -0.05) is 41.9 Å². The van der Waals surface area contributed by atoms with E-state index < -0.39 is 12.1 Å². The summed E-state index contributed by atoms with van der Waals surface area (Å²) in [4.78, 5) is 23.0. The fourth-order valence-corrected chi connectivity index (χ4v) is 4.20. The summed E-state index contributed by atoms with van der Waals surface area (Å²) in [6, 6.07) is 17.2. The molecule has 0 aliphatic rings. The van der Waals surface area contributed by atoms with Crippen molar-refractivity contribution in [2.24, 2.45) is 0 Å². The van der Waals surface area contributed by atoms with E-state index in [0.717, 1.165) is 38.4 Å². The predicted octanol–water partition coefficient (Wildman–Crippen LogP) is 5.69. The van der Waals surface area contributed by atoms with Gasteiger partial charge in [0, 0.05) is 40.4 Å². The van der Waals surface area contributed by atoms with Crippen LogP contribution in [0.5, 0.6) is 5.75 Å². The molecule has 0 radical (unpaired) electrons. The average molecular weight is 473 g/mol. The molecule has 3 heterocycles. The molecule has 0 saturated carbocycles. The number of ether oxygens (including phenoxy) is 1. The topological polar surface area (TPSA) is 100 Å². The highest BCUT2D eigenvalue weighted by atomic mass is 35.5. The van der Waals surface area contributed by atoms with Crippen LogP contribution in [0.3, 0.4) is 0 Å². The van der Waals surface area contributed by atoms with Crippen LogP contribution in [0.4, 0.5) is 4.79 Å². The van der Waals surface area contributed by atoms with E-state index >= 15 is 0 Å². The molecule has 0 aliphatic heterocycles. The number of benzene rings is 2. The largest absolute Gasteiger partial charge is 0.490 e. The van der Waals surface area contributed by atoms with Crippen molar-refractivity contribution >= 4 is 39.4 Å². The maximum absolute atomic E-state index is 11.4. The van der Waals surface area contributed by atoms with Crippen molar-refractivity contribution in [2.75, 3.05) is 6.61 Å². The smallest absolute Gasteiger partial charge is 0.405 e. The number of aromatic nitrogens is 3. The Balaban J connectivity index is 1.34. The van der Waals surface area contributed by atoms with Crippen LogP contribution < -0.4 is 10.1 Å². The van der Waals surface area contributed by atoms with Gasteiger partial charge in [0.15, 0.2) is 0 Å². The number of para-hydroxylation sites is 1. The zero-order valence-corrected chi connectivity index (χ0v) is 18.8. The molecule has 7 nitrogen and oxygen atoms in total. The first-order chi connectivity index (χ1) is 16.5. The summed E-state index contributed by atoms with van der Waals surface area (Å²) in [6.45, 7) is 0.163. The first-order valence-corrected chi connectivity index (χ1v) is 11.1. The highest BCUT2D eigenvalue weighted by Crippen LogP contribution is 2.27. The van der Waals surface area contributed by atoms with E-state index in [2.05, 4.69) is 20.3 Å². The zero-order valence-electron chi connectivity index (χ0n) is 18.0. The molecule has 1 atom stereocenters. The molecular formula is C26H21ClN4O3. The zero-order chi connectivity index (χ0) is 23.5. The molecule has 0 aliphatic carbocycles. The van der Waals surface area contributed by atoms with Crippen molar-refractivity contribution in [3.8, 4) is 16.9 Å². The van der Waals surface area contributed by atoms with E-state index in [0.29, 0.717) is 17.3 Å². The molecule has 5 rings (SSSR count). The minimum absolute atomic E-state index is 0.163. The SMILES string of the molecule is O=C(O)NC(COc1cncc(-c2ccc3cnc(Cl)cc3c2)c1)Cc1c[nH]c2ccccc12. The summed E-state index contributed by atoms with van der Waals surface area (Å²) in [6.07, 6.45) is 6.42. The lowest BCUT2D eigenvalue weighted by molar-refractivity contribution is 0.181. The summed E-state index contributed by atoms with van der Waals surface area (Å²) in [5.41, 5.74) is 3.88. The standard InChI is InChI=1S/C26H21ClN4O3/c27-25-10-18-7-16(5-6-17(18)12-30-25)19-9-22(14-28-11-19)34-15-21(31-26(32)33)8-20-13-29-24-4-2-1-3-23(20)24/h1-7,9-14,21,29,31H,8,15H2,(H,32,33). The lowest BCUT2D eigenvalue weighted by Crippen LogP contribution is -2.39. The molecular weight excluding hydrogens is 452 g/mol. The number of pyridine rings is 2. The van der Waals surface area contributed by atoms with E-state index in [1.54, 1.807) is 18.6 Å². The predicted molar refractivity (Wildman–Crippen MR) is 132 cm³/mol. The highest BCUT2D eigenvalue weighted by Gasteiger charge is 2.16. The normalized spacial score (nSPS) is 12.0. The van der Waals surface area contributed by atoms with E-state index in [1.165, 1.54) is 0 Å². The lowest BCUT2D eigenvalue weighted by Gasteiger charge is -2.18. The molecule has 2 aromatic carbocycles.